The molecule has 4 rings (SSSR count). The number of hydrogen-bond acceptors (Lipinski definition) is 7. The quantitative estimate of drug-likeness (QED) is 0.343. The number of rotatable bonds is 9. The second-order valence-corrected chi connectivity index (χ2v) is 8.56. The molecule has 35 heavy (non-hydrogen) atoms. The van der Waals surface area contributed by atoms with Gasteiger partial charge in [0.15, 0.2) is 11.0 Å². The molecule has 0 unspecified atom stereocenters. The van der Waals surface area contributed by atoms with Gasteiger partial charge < -0.3 is 24.7 Å². The molecule has 3 aromatic rings. The third-order valence-electron chi connectivity index (χ3n) is 5.51. The van der Waals surface area contributed by atoms with Gasteiger partial charge in [0, 0.05) is 23.6 Å². The molecule has 0 bridgehead atoms. The lowest BCUT2D eigenvalue weighted by molar-refractivity contribution is -0.139. The van der Waals surface area contributed by atoms with Gasteiger partial charge in [0.2, 0.25) is 0 Å². The molecule has 182 valence electrons. The van der Waals surface area contributed by atoms with Crippen LogP contribution in [0.25, 0.3) is 11.4 Å². The van der Waals surface area contributed by atoms with Crippen LogP contribution in [0.1, 0.15) is 25.5 Å². The highest BCUT2D eigenvalue weighted by Crippen LogP contribution is 2.32. The number of methoxy groups -OCH3 is 1. The van der Waals surface area contributed by atoms with E-state index in [0.29, 0.717) is 34.5 Å². The smallest absolute Gasteiger partial charge is 0.338 e. The number of thioether (sulfide) groups is 1. The fraction of sp³-hybridized carbons (Fsp3) is 0.280. The van der Waals surface area contributed by atoms with Crippen LogP contribution in [0, 0.1) is 0 Å². The highest BCUT2D eigenvalue weighted by molar-refractivity contribution is 7.99. The van der Waals surface area contributed by atoms with Crippen molar-refractivity contribution in [3.8, 4) is 17.1 Å². The fourth-order valence-electron chi connectivity index (χ4n) is 3.85. The molecular weight excluding hydrogens is 466 g/mol. The molecule has 2 amide bonds. The molecule has 2 N–H and O–H groups in total. The van der Waals surface area contributed by atoms with Gasteiger partial charge in [-0.25, -0.2) is 9.59 Å². The normalized spacial score (nSPS) is 15.4. The van der Waals surface area contributed by atoms with Crippen molar-refractivity contribution in [1.29, 1.82) is 0 Å². The average Bonchev–Trinajstić information content (AvgIpc) is 3.30. The van der Waals surface area contributed by atoms with Gasteiger partial charge in [0.1, 0.15) is 5.75 Å². The second-order valence-electron chi connectivity index (χ2n) is 7.62. The number of amides is 2. The number of carbonyl (C=O) groups is 2. The van der Waals surface area contributed by atoms with Crippen molar-refractivity contribution >= 4 is 23.8 Å². The first-order valence-electron chi connectivity index (χ1n) is 11.3. The minimum Gasteiger partial charge on any atom is -0.497 e. The summed E-state index contributed by atoms with van der Waals surface area (Å²) < 4.78 is 12.6. The van der Waals surface area contributed by atoms with Gasteiger partial charge >= 0.3 is 12.0 Å². The summed E-state index contributed by atoms with van der Waals surface area (Å²) in [6.07, 6.45) is 0. The first-order chi connectivity index (χ1) is 17.0. The van der Waals surface area contributed by atoms with E-state index in [9.17, 15) is 9.59 Å². The lowest BCUT2D eigenvalue weighted by Crippen LogP contribution is -2.46. The van der Waals surface area contributed by atoms with E-state index in [1.807, 2.05) is 54.0 Å². The molecule has 0 saturated heterocycles. The number of benzene rings is 2. The number of carbonyl (C=O) groups excluding carboxylic acids is 2. The van der Waals surface area contributed by atoms with Crippen molar-refractivity contribution in [3.05, 3.63) is 71.4 Å². The largest absolute Gasteiger partial charge is 0.497 e. The lowest BCUT2D eigenvalue weighted by atomic mass is 9.95. The SMILES string of the molecule is CCOC(=O)C1=C(CSc2nnc(-c3ccccc3)n2CC)NC(=O)N[C@H]1c1ccc(OC)cc1. The predicted molar refractivity (Wildman–Crippen MR) is 133 cm³/mol. The van der Waals surface area contributed by atoms with Gasteiger partial charge in [0.05, 0.1) is 25.3 Å². The zero-order valence-corrected chi connectivity index (χ0v) is 20.6. The Labute approximate surface area is 207 Å². The Balaban J connectivity index is 1.67. The summed E-state index contributed by atoms with van der Waals surface area (Å²) in [4.78, 5) is 25.6. The third kappa shape index (κ3) is 5.32. The van der Waals surface area contributed by atoms with Crippen LogP contribution in [0.2, 0.25) is 0 Å². The van der Waals surface area contributed by atoms with E-state index in [0.717, 1.165) is 17.0 Å². The van der Waals surface area contributed by atoms with E-state index in [1.54, 1.807) is 26.2 Å². The molecule has 2 aromatic carbocycles. The molecule has 1 aliphatic heterocycles. The molecule has 1 aromatic heterocycles. The van der Waals surface area contributed by atoms with Gasteiger partial charge in [-0.15, -0.1) is 10.2 Å². The van der Waals surface area contributed by atoms with Gasteiger partial charge in [-0.05, 0) is 31.5 Å². The maximum Gasteiger partial charge on any atom is 0.338 e. The van der Waals surface area contributed by atoms with E-state index in [1.165, 1.54) is 11.8 Å². The summed E-state index contributed by atoms with van der Waals surface area (Å²) in [5.41, 5.74) is 2.55. The van der Waals surface area contributed by atoms with Crippen LogP contribution in [0.4, 0.5) is 4.79 Å². The van der Waals surface area contributed by atoms with E-state index in [-0.39, 0.29) is 6.61 Å². The summed E-state index contributed by atoms with van der Waals surface area (Å²) >= 11 is 1.40. The summed E-state index contributed by atoms with van der Waals surface area (Å²) in [6.45, 7) is 4.66. The first kappa shape index (κ1) is 24.3. The Morgan fingerprint density at radius 1 is 1.09 bits per heavy atom. The first-order valence-corrected chi connectivity index (χ1v) is 12.3. The molecule has 0 radical (unpaired) electrons. The number of urea groups is 1. The topological polar surface area (TPSA) is 107 Å². The Bertz CT molecular complexity index is 1220. The van der Waals surface area contributed by atoms with Gasteiger partial charge in [-0.1, -0.05) is 54.2 Å². The fourth-order valence-corrected chi connectivity index (χ4v) is 4.82. The second kappa shape index (κ2) is 11.1. The molecule has 0 aliphatic carbocycles. The van der Waals surface area contributed by atoms with Crippen molar-refractivity contribution in [2.45, 2.75) is 31.6 Å². The number of esters is 1. The molecular formula is C25H27N5O4S. The highest BCUT2D eigenvalue weighted by Gasteiger charge is 2.34. The molecule has 0 saturated carbocycles. The zero-order chi connectivity index (χ0) is 24.8. The number of hydrogen-bond donors (Lipinski definition) is 2. The summed E-state index contributed by atoms with van der Waals surface area (Å²) in [5.74, 6) is 1.26. The molecule has 0 spiro atoms. The zero-order valence-electron chi connectivity index (χ0n) is 19.8. The standard InChI is InChI=1S/C25H27N5O4S/c1-4-30-22(17-9-7-6-8-10-17)28-29-25(30)35-15-19-20(23(31)34-5-2)21(27-24(32)26-19)16-11-13-18(33-3)14-12-16/h6-14,21H,4-5,15H2,1-3H3,(H2,26,27,32)/t21-/m0/s1. The molecule has 9 nitrogen and oxygen atoms in total. The van der Waals surface area contributed by atoms with Crippen LogP contribution in [0.5, 0.6) is 5.75 Å². The van der Waals surface area contributed by atoms with Crippen molar-refractivity contribution in [2.24, 2.45) is 0 Å². The third-order valence-corrected chi connectivity index (χ3v) is 6.50. The molecule has 10 heteroatoms. The van der Waals surface area contributed by atoms with Crippen LogP contribution in [0.15, 0.2) is 71.0 Å². The van der Waals surface area contributed by atoms with Crippen molar-refractivity contribution < 1.29 is 19.1 Å². The Morgan fingerprint density at radius 3 is 2.49 bits per heavy atom. The Hall–Kier alpha value is -3.79. The number of ether oxygens (including phenoxy) is 2. The summed E-state index contributed by atoms with van der Waals surface area (Å²) in [6, 6.07) is 16.0. The monoisotopic (exact) mass is 493 g/mol. The van der Waals surface area contributed by atoms with Gasteiger partial charge in [-0.2, -0.15) is 0 Å². The number of nitrogens with one attached hydrogen (secondary N) is 2. The number of nitrogens with zero attached hydrogens (tertiary/aromatic N) is 3. The molecule has 1 aliphatic rings. The van der Waals surface area contributed by atoms with Crippen molar-refractivity contribution in [2.75, 3.05) is 19.5 Å². The lowest BCUT2D eigenvalue weighted by Gasteiger charge is -2.29. The van der Waals surface area contributed by atoms with Gasteiger partial charge in [0.25, 0.3) is 0 Å². The van der Waals surface area contributed by atoms with Crippen LogP contribution in [-0.2, 0) is 16.1 Å². The Kier molecular flexibility index (Phi) is 7.71. The summed E-state index contributed by atoms with van der Waals surface area (Å²) in [5, 5.41) is 15.1. The minimum atomic E-state index is -0.659. The van der Waals surface area contributed by atoms with E-state index < -0.39 is 18.0 Å². The van der Waals surface area contributed by atoms with Crippen LogP contribution in [0.3, 0.4) is 0 Å². The minimum absolute atomic E-state index is 0.219. The predicted octanol–water partition coefficient (Wildman–Crippen LogP) is 3.94. The van der Waals surface area contributed by atoms with Crippen LogP contribution >= 0.6 is 11.8 Å². The van der Waals surface area contributed by atoms with E-state index in [2.05, 4.69) is 20.8 Å². The van der Waals surface area contributed by atoms with E-state index >= 15 is 0 Å². The maximum absolute atomic E-state index is 13.0. The molecule has 1 atom stereocenters. The highest BCUT2D eigenvalue weighted by atomic mass is 32.2. The number of aromatic nitrogens is 3. The van der Waals surface area contributed by atoms with Crippen LogP contribution in [-0.4, -0.2) is 46.2 Å². The maximum atomic E-state index is 13.0. The van der Waals surface area contributed by atoms with Crippen LogP contribution < -0.4 is 15.4 Å². The van der Waals surface area contributed by atoms with Gasteiger partial charge in [-0.3, -0.25) is 0 Å². The average molecular weight is 494 g/mol. The van der Waals surface area contributed by atoms with Crippen molar-refractivity contribution in [3.63, 3.8) is 0 Å². The molecule has 2 heterocycles. The van der Waals surface area contributed by atoms with Crippen molar-refractivity contribution in [1.82, 2.24) is 25.4 Å². The Morgan fingerprint density at radius 2 is 1.83 bits per heavy atom. The summed E-state index contributed by atoms with van der Waals surface area (Å²) in [7, 11) is 1.58. The van der Waals surface area contributed by atoms with E-state index in [4.69, 9.17) is 9.47 Å². The molecule has 0 fully saturated rings.